The highest BCUT2D eigenvalue weighted by atomic mass is 32.1. The fourth-order valence-corrected chi connectivity index (χ4v) is 8.49. The maximum absolute atomic E-state index is 8.41. The molecular weight excluding hydrogens is 667 g/mol. The molecule has 1 aliphatic heterocycles. The van der Waals surface area contributed by atoms with Crippen LogP contribution in [0.15, 0.2) is 164 Å². The van der Waals surface area contributed by atoms with E-state index in [0.29, 0.717) is 28.6 Å². The third-order valence-corrected chi connectivity index (χ3v) is 11.1. The van der Waals surface area contributed by atoms with Crippen molar-refractivity contribution in [1.29, 1.82) is 0 Å². The standard InChI is InChI=1S/C48H33N3OS/c1-48(2)40-19-8-6-15-38(40)43-35(16-11-20-41(43)52-48)32-24-28-34(29-25-32)46-49-45(33-26-22-31(23-27-33)30-12-4-3-5-13-30)50-47(51-46)39-18-10-17-37-36-14-7-9-21-42(36)53-44(37)39/h3-29H,1-2H3/i1D3,2D3. The second kappa shape index (κ2) is 12.4. The monoisotopic (exact) mass is 705 g/mol. The number of fused-ring (bicyclic) bond motifs is 6. The number of thiophene rings is 1. The van der Waals surface area contributed by atoms with Gasteiger partial charge in [-0.15, -0.1) is 11.3 Å². The van der Waals surface area contributed by atoms with Crippen LogP contribution in [0.2, 0.25) is 0 Å². The molecule has 3 heterocycles. The molecule has 1 aliphatic rings. The smallest absolute Gasteiger partial charge is 0.165 e. The van der Waals surface area contributed by atoms with Crippen LogP contribution in [-0.2, 0) is 5.60 Å². The average Bonchev–Trinajstić information content (AvgIpc) is 3.64. The minimum atomic E-state index is -2.99. The maximum atomic E-state index is 8.41. The lowest BCUT2D eigenvalue weighted by molar-refractivity contribution is 0.106. The first-order chi connectivity index (χ1) is 28.5. The molecule has 2 aromatic heterocycles. The van der Waals surface area contributed by atoms with Gasteiger partial charge in [-0.05, 0) is 59.7 Å². The first-order valence-electron chi connectivity index (χ1n) is 20.4. The number of rotatable bonds is 5. The van der Waals surface area contributed by atoms with Crippen molar-refractivity contribution < 1.29 is 13.0 Å². The molecule has 10 rings (SSSR count). The molecule has 0 aliphatic carbocycles. The molecule has 9 aromatic rings. The highest BCUT2D eigenvalue weighted by Crippen LogP contribution is 2.49. The fraction of sp³-hybridized carbons (Fsp3) is 0.0625. The molecule has 0 N–H and O–H groups in total. The van der Waals surface area contributed by atoms with Crippen molar-refractivity contribution in [3.05, 3.63) is 169 Å². The van der Waals surface area contributed by atoms with Gasteiger partial charge < -0.3 is 4.74 Å². The molecule has 0 amide bonds. The van der Waals surface area contributed by atoms with Crippen molar-refractivity contribution in [2.24, 2.45) is 0 Å². The van der Waals surface area contributed by atoms with Gasteiger partial charge in [-0.2, -0.15) is 0 Å². The quantitative estimate of drug-likeness (QED) is 0.179. The van der Waals surface area contributed by atoms with E-state index in [2.05, 4.69) is 60.7 Å². The van der Waals surface area contributed by atoms with Gasteiger partial charge in [-0.25, -0.2) is 15.0 Å². The molecule has 0 bridgehead atoms. The van der Waals surface area contributed by atoms with Crippen molar-refractivity contribution in [2.45, 2.75) is 19.3 Å². The summed E-state index contributed by atoms with van der Waals surface area (Å²) in [5.74, 6) is 1.81. The Balaban J connectivity index is 1.09. The Labute approximate surface area is 320 Å². The minimum absolute atomic E-state index is 0.104. The summed E-state index contributed by atoms with van der Waals surface area (Å²) in [5.41, 5.74) is 5.03. The van der Waals surface area contributed by atoms with Crippen LogP contribution in [0.25, 0.3) is 87.7 Å². The van der Waals surface area contributed by atoms with Gasteiger partial charge in [-0.3, -0.25) is 0 Å². The summed E-state index contributed by atoms with van der Waals surface area (Å²) in [6, 6.07) is 53.0. The molecular formula is C48H33N3OS. The Morgan fingerprint density at radius 1 is 0.472 bits per heavy atom. The maximum Gasteiger partial charge on any atom is 0.165 e. The van der Waals surface area contributed by atoms with Gasteiger partial charge in [0, 0.05) is 56.2 Å². The molecule has 0 saturated heterocycles. The van der Waals surface area contributed by atoms with E-state index in [1.54, 1.807) is 47.7 Å². The van der Waals surface area contributed by atoms with Crippen molar-refractivity contribution in [3.8, 4) is 73.3 Å². The Hall–Kier alpha value is -6.43. The zero-order chi connectivity index (χ0) is 40.5. The van der Waals surface area contributed by atoms with Crippen molar-refractivity contribution in [1.82, 2.24) is 15.0 Å². The van der Waals surface area contributed by atoms with E-state index in [1.807, 2.05) is 66.7 Å². The zero-order valence-corrected chi connectivity index (χ0v) is 29.1. The van der Waals surface area contributed by atoms with E-state index in [0.717, 1.165) is 49.0 Å². The van der Waals surface area contributed by atoms with E-state index < -0.39 is 19.3 Å². The van der Waals surface area contributed by atoms with Crippen molar-refractivity contribution >= 4 is 31.5 Å². The second-order valence-corrected chi connectivity index (χ2v) is 14.2. The van der Waals surface area contributed by atoms with Crippen LogP contribution >= 0.6 is 11.3 Å². The lowest BCUT2D eigenvalue weighted by Gasteiger charge is -2.35. The van der Waals surface area contributed by atoms with Crippen LogP contribution in [0.3, 0.4) is 0 Å². The Morgan fingerprint density at radius 2 is 1.04 bits per heavy atom. The van der Waals surface area contributed by atoms with Gasteiger partial charge in [0.25, 0.3) is 0 Å². The number of nitrogens with zero attached hydrogens (tertiary/aromatic N) is 3. The molecule has 5 heteroatoms. The highest BCUT2D eigenvalue weighted by molar-refractivity contribution is 7.26. The van der Waals surface area contributed by atoms with E-state index >= 15 is 0 Å². The SMILES string of the molecule is [2H]C([2H])([2H])C1(C([2H])([2H])[2H])Oc2cccc(-c3ccc(-c4nc(-c5ccc(-c6ccccc6)cc5)nc(-c5cccc6c5sc5ccccc56)n4)cc3)c2-c2ccccc21. The van der Waals surface area contributed by atoms with E-state index in [1.165, 1.54) is 10.1 Å². The van der Waals surface area contributed by atoms with E-state index in [-0.39, 0.29) is 11.3 Å². The summed E-state index contributed by atoms with van der Waals surface area (Å²) in [7, 11) is 0. The highest BCUT2D eigenvalue weighted by Gasteiger charge is 2.33. The van der Waals surface area contributed by atoms with Gasteiger partial charge in [0.05, 0.1) is 0 Å². The molecule has 0 atom stereocenters. The Kier molecular flexibility index (Phi) is 5.95. The number of hydrogen-bond acceptors (Lipinski definition) is 5. The Morgan fingerprint density at radius 3 is 1.81 bits per heavy atom. The number of ether oxygens (including phenoxy) is 1. The molecule has 252 valence electrons. The van der Waals surface area contributed by atoms with Gasteiger partial charge in [-0.1, -0.05) is 146 Å². The summed E-state index contributed by atoms with van der Waals surface area (Å²) in [6.07, 6.45) is 0. The Bertz CT molecular complexity index is 3040. The molecule has 53 heavy (non-hydrogen) atoms. The molecule has 0 radical (unpaired) electrons. The molecule has 0 spiro atoms. The third-order valence-electron chi connectivity index (χ3n) is 9.85. The summed E-state index contributed by atoms with van der Waals surface area (Å²) in [6.45, 7) is -5.98. The molecule has 0 unspecified atom stereocenters. The average molecular weight is 706 g/mol. The predicted octanol–water partition coefficient (Wildman–Crippen LogP) is 12.9. The van der Waals surface area contributed by atoms with Gasteiger partial charge >= 0.3 is 0 Å². The summed E-state index contributed by atoms with van der Waals surface area (Å²) in [4.78, 5) is 15.2. The largest absolute Gasteiger partial charge is 0.482 e. The molecule has 7 aromatic carbocycles. The summed E-state index contributed by atoms with van der Waals surface area (Å²) < 4.78 is 58.9. The number of hydrogen-bond donors (Lipinski definition) is 0. The van der Waals surface area contributed by atoms with Crippen LogP contribution in [0.4, 0.5) is 0 Å². The normalized spacial score (nSPS) is 15.2. The second-order valence-electron chi connectivity index (χ2n) is 13.1. The number of aromatic nitrogens is 3. The van der Waals surface area contributed by atoms with Crippen molar-refractivity contribution in [2.75, 3.05) is 0 Å². The van der Waals surface area contributed by atoms with Gasteiger partial charge in [0.1, 0.15) is 11.4 Å². The first-order valence-corrected chi connectivity index (χ1v) is 18.2. The van der Waals surface area contributed by atoms with Crippen LogP contribution in [-0.4, -0.2) is 15.0 Å². The predicted molar refractivity (Wildman–Crippen MR) is 219 cm³/mol. The lowest BCUT2D eigenvalue weighted by Crippen LogP contribution is -2.29. The molecule has 4 nitrogen and oxygen atoms in total. The zero-order valence-electron chi connectivity index (χ0n) is 34.2. The lowest BCUT2D eigenvalue weighted by atomic mass is 9.83. The van der Waals surface area contributed by atoms with Crippen LogP contribution in [0.1, 0.15) is 27.5 Å². The third kappa shape index (κ3) is 5.40. The summed E-state index contributed by atoms with van der Waals surface area (Å²) >= 11 is 1.72. The first kappa shape index (κ1) is 25.5. The minimum Gasteiger partial charge on any atom is -0.482 e. The van der Waals surface area contributed by atoms with Crippen LogP contribution < -0.4 is 4.74 Å². The molecule has 0 saturated carbocycles. The summed E-state index contributed by atoms with van der Waals surface area (Å²) in [5, 5.41) is 2.34. The van der Waals surface area contributed by atoms with Gasteiger partial charge in [0.2, 0.25) is 0 Å². The van der Waals surface area contributed by atoms with E-state index in [9.17, 15) is 0 Å². The van der Waals surface area contributed by atoms with E-state index in [4.69, 9.17) is 27.9 Å². The van der Waals surface area contributed by atoms with Crippen LogP contribution in [0.5, 0.6) is 5.75 Å². The van der Waals surface area contributed by atoms with Crippen LogP contribution in [0, 0.1) is 0 Å². The topological polar surface area (TPSA) is 47.9 Å². The number of benzene rings is 7. The molecule has 0 fully saturated rings. The fourth-order valence-electron chi connectivity index (χ4n) is 7.28. The van der Waals surface area contributed by atoms with Gasteiger partial charge in [0.15, 0.2) is 17.5 Å². The van der Waals surface area contributed by atoms with Crippen molar-refractivity contribution in [3.63, 3.8) is 0 Å².